The second-order valence-electron chi connectivity index (χ2n) is 3.78. The second-order valence-corrected chi connectivity index (χ2v) is 5.37. The summed E-state index contributed by atoms with van der Waals surface area (Å²) in [6, 6.07) is 11.0. The molecule has 1 heterocycles. The maximum Gasteiger partial charge on any atom is 0.384 e. The van der Waals surface area contributed by atoms with E-state index in [0.29, 0.717) is 5.56 Å². The molecule has 0 spiro atoms. The van der Waals surface area contributed by atoms with Crippen molar-refractivity contribution in [2.75, 3.05) is 0 Å². The molecule has 7 nitrogen and oxygen atoms in total. The van der Waals surface area contributed by atoms with Crippen LogP contribution in [0.2, 0.25) is 0 Å². The van der Waals surface area contributed by atoms with E-state index in [0.717, 1.165) is 12.3 Å². The molecule has 0 N–H and O–H groups in total. The van der Waals surface area contributed by atoms with Crippen molar-refractivity contribution in [3.8, 4) is 0 Å². The molecule has 0 bridgehead atoms. The van der Waals surface area contributed by atoms with Crippen LogP contribution in [-0.2, 0) is 20.9 Å². The Bertz CT molecular complexity index is 716. The number of hydrogen-bond donors (Lipinski definition) is 0. The summed E-state index contributed by atoms with van der Waals surface area (Å²) in [7, 11) is -4.24. The monoisotopic (exact) mass is 294 g/mol. The van der Waals surface area contributed by atoms with Gasteiger partial charge in [-0.05, 0) is 27.6 Å². The van der Waals surface area contributed by atoms with Crippen LogP contribution in [0.15, 0.2) is 53.6 Å². The molecule has 0 amide bonds. The quantitative estimate of drug-likeness (QED) is 0.474. The van der Waals surface area contributed by atoms with Gasteiger partial charge in [0, 0.05) is 0 Å². The third kappa shape index (κ3) is 3.16. The van der Waals surface area contributed by atoms with Crippen LogP contribution in [0.1, 0.15) is 5.56 Å². The van der Waals surface area contributed by atoms with E-state index in [9.17, 15) is 18.5 Å². The summed E-state index contributed by atoms with van der Waals surface area (Å²) in [4.78, 5) is 12.8. The Morgan fingerprint density at radius 1 is 1.15 bits per heavy atom. The molecule has 0 saturated carbocycles. The van der Waals surface area contributed by atoms with Gasteiger partial charge < -0.3 is 10.1 Å². The van der Waals surface area contributed by atoms with Crippen molar-refractivity contribution in [3.63, 3.8) is 0 Å². The Hall–Kier alpha value is -2.32. The highest BCUT2D eigenvalue weighted by Gasteiger charge is 2.27. The zero-order valence-electron chi connectivity index (χ0n) is 10.2. The minimum absolute atomic E-state index is 0.199. The summed E-state index contributed by atoms with van der Waals surface area (Å²) < 4.78 is 28.7. The van der Waals surface area contributed by atoms with E-state index in [1.165, 1.54) is 6.07 Å². The van der Waals surface area contributed by atoms with E-state index in [1.807, 2.05) is 0 Å². The van der Waals surface area contributed by atoms with Gasteiger partial charge in [0.15, 0.2) is 4.90 Å². The van der Waals surface area contributed by atoms with Crippen LogP contribution in [0.5, 0.6) is 0 Å². The molecule has 0 radical (unpaired) electrons. The molecule has 104 valence electrons. The van der Waals surface area contributed by atoms with Crippen LogP contribution in [0, 0.1) is 10.1 Å². The molecule has 0 saturated heterocycles. The zero-order valence-corrected chi connectivity index (χ0v) is 11.0. The summed E-state index contributed by atoms with van der Waals surface area (Å²) >= 11 is 0. The number of nitro groups is 1. The molecule has 0 aliphatic rings. The molecule has 1 aromatic heterocycles. The predicted octanol–water partition coefficient (Wildman–Crippen LogP) is 1.90. The van der Waals surface area contributed by atoms with Crippen LogP contribution >= 0.6 is 0 Å². The fourth-order valence-corrected chi connectivity index (χ4v) is 2.51. The first-order valence-electron chi connectivity index (χ1n) is 5.53. The van der Waals surface area contributed by atoms with Crippen LogP contribution in [0.25, 0.3) is 0 Å². The van der Waals surface area contributed by atoms with Gasteiger partial charge in [-0.2, -0.15) is 8.42 Å². The van der Waals surface area contributed by atoms with Gasteiger partial charge in [0.05, 0.1) is 6.61 Å². The lowest BCUT2D eigenvalue weighted by Gasteiger charge is -2.05. The van der Waals surface area contributed by atoms with Crippen molar-refractivity contribution in [2.45, 2.75) is 11.5 Å². The van der Waals surface area contributed by atoms with Gasteiger partial charge in [-0.25, -0.2) is 0 Å². The molecule has 0 aliphatic carbocycles. The van der Waals surface area contributed by atoms with Crippen LogP contribution in [-0.4, -0.2) is 18.3 Å². The van der Waals surface area contributed by atoms with Crippen molar-refractivity contribution >= 4 is 15.9 Å². The predicted molar refractivity (Wildman–Crippen MR) is 69.3 cm³/mol. The first-order valence-corrected chi connectivity index (χ1v) is 6.94. The van der Waals surface area contributed by atoms with Gasteiger partial charge in [-0.3, -0.25) is 4.18 Å². The van der Waals surface area contributed by atoms with Crippen molar-refractivity contribution in [1.82, 2.24) is 4.98 Å². The van der Waals surface area contributed by atoms with Gasteiger partial charge in [0.1, 0.15) is 6.20 Å². The summed E-state index contributed by atoms with van der Waals surface area (Å²) in [6.07, 6.45) is 1.15. The SMILES string of the molecule is O=[N+]([O-])c1ncccc1S(=O)(=O)OCc1ccccc1. The lowest BCUT2D eigenvalue weighted by atomic mass is 10.2. The first-order chi connectivity index (χ1) is 9.50. The molecule has 0 unspecified atom stereocenters. The van der Waals surface area contributed by atoms with Gasteiger partial charge in [-0.15, -0.1) is 0 Å². The molecular weight excluding hydrogens is 284 g/mol. The van der Waals surface area contributed by atoms with Crippen molar-refractivity contribution in [3.05, 3.63) is 64.3 Å². The third-order valence-corrected chi connectivity index (χ3v) is 3.70. The van der Waals surface area contributed by atoms with Gasteiger partial charge >= 0.3 is 15.9 Å². The topological polar surface area (TPSA) is 99.4 Å². The molecule has 1 aromatic carbocycles. The standard InChI is InChI=1S/C12H10N2O5S/c15-14(16)12-11(7-4-8-13-12)20(17,18)19-9-10-5-2-1-3-6-10/h1-8H,9H2. The Labute approximate surface area is 115 Å². The van der Waals surface area contributed by atoms with E-state index in [-0.39, 0.29) is 6.61 Å². The number of hydrogen-bond acceptors (Lipinski definition) is 6. The average molecular weight is 294 g/mol. The molecule has 2 aromatic rings. The number of benzene rings is 1. The normalized spacial score (nSPS) is 11.2. The Morgan fingerprint density at radius 2 is 1.85 bits per heavy atom. The minimum atomic E-state index is -4.24. The Balaban J connectivity index is 2.25. The summed E-state index contributed by atoms with van der Waals surface area (Å²) in [5.74, 6) is -0.749. The first kappa shape index (κ1) is 14.1. The fraction of sp³-hybridized carbons (Fsp3) is 0.0833. The number of nitrogens with zero attached hydrogens (tertiary/aromatic N) is 2. The molecule has 2 rings (SSSR count). The van der Waals surface area contributed by atoms with Crippen molar-refractivity contribution in [1.29, 1.82) is 0 Å². The highest BCUT2D eigenvalue weighted by molar-refractivity contribution is 7.86. The minimum Gasteiger partial charge on any atom is -0.358 e. The lowest BCUT2D eigenvalue weighted by Crippen LogP contribution is -2.10. The number of rotatable bonds is 5. The summed E-state index contributed by atoms with van der Waals surface area (Å²) in [5, 5.41) is 10.8. The highest BCUT2D eigenvalue weighted by Crippen LogP contribution is 2.22. The van der Waals surface area contributed by atoms with E-state index in [1.54, 1.807) is 30.3 Å². The van der Waals surface area contributed by atoms with Crippen molar-refractivity contribution < 1.29 is 17.5 Å². The molecule has 0 atom stereocenters. The molecule has 20 heavy (non-hydrogen) atoms. The summed E-state index contributed by atoms with van der Waals surface area (Å²) in [5.41, 5.74) is 0.641. The molecule has 8 heteroatoms. The Kier molecular flexibility index (Phi) is 4.06. The number of aromatic nitrogens is 1. The maximum atomic E-state index is 12.0. The van der Waals surface area contributed by atoms with Crippen LogP contribution in [0.3, 0.4) is 0 Å². The molecule has 0 aliphatic heterocycles. The van der Waals surface area contributed by atoms with E-state index in [2.05, 4.69) is 4.98 Å². The maximum absolute atomic E-state index is 12.0. The van der Waals surface area contributed by atoms with E-state index >= 15 is 0 Å². The number of pyridine rings is 1. The van der Waals surface area contributed by atoms with Crippen LogP contribution < -0.4 is 0 Å². The lowest BCUT2D eigenvalue weighted by molar-refractivity contribution is -0.392. The smallest absolute Gasteiger partial charge is 0.358 e. The fourth-order valence-electron chi connectivity index (χ4n) is 1.50. The van der Waals surface area contributed by atoms with Crippen LogP contribution in [0.4, 0.5) is 5.82 Å². The highest BCUT2D eigenvalue weighted by atomic mass is 32.2. The third-order valence-electron chi connectivity index (χ3n) is 2.42. The van der Waals surface area contributed by atoms with E-state index < -0.39 is 25.8 Å². The molecule has 0 fully saturated rings. The van der Waals surface area contributed by atoms with Gasteiger partial charge in [0.2, 0.25) is 0 Å². The molecular formula is C12H10N2O5S. The van der Waals surface area contributed by atoms with Gasteiger partial charge in [0.25, 0.3) is 0 Å². The zero-order chi connectivity index (χ0) is 14.6. The van der Waals surface area contributed by atoms with Crippen molar-refractivity contribution in [2.24, 2.45) is 0 Å². The second kappa shape index (κ2) is 5.76. The average Bonchev–Trinajstić information content (AvgIpc) is 2.46. The largest absolute Gasteiger partial charge is 0.384 e. The van der Waals surface area contributed by atoms with E-state index in [4.69, 9.17) is 4.18 Å². The summed E-state index contributed by atoms with van der Waals surface area (Å²) in [6.45, 7) is -0.199. The van der Waals surface area contributed by atoms with Gasteiger partial charge in [-0.1, -0.05) is 30.3 Å². The Morgan fingerprint density at radius 3 is 2.50 bits per heavy atom.